The van der Waals surface area contributed by atoms with Gasteiger partial charge in [0, 0.05) is 0 Å². The molecule has 13 heavy (non-hydrogen) atoms. The minimum atomic E-state index is -0.510. The molecule has 4 nitrogen and oxygen atoms in total. The van der Waals surface area contributed by atoms with E-state index in [0.29, 0.717) is 0 Å². The van der Waals surface area contributed by atoms with E-state index in [4.69, 9.17) is 5.73 Å². The van der Waals surface area contributed by atoms with Gasteiger partial charge in [-0.2, -0.15) is 0 Å². The maximum atomic E-state index is 10.8. The van der Waals surface area contributed by atoms with Crippen molar-refractivity contribution in [3.8, 4) is 0 Å². The molecular weight excluding hydrogens is 177 g/mol. The predicted molar refractivity (Wildman–Crippen MR) is 45.8 cm³/mol. The Kier molecular flexibility index (Phi) is 3.08. The number of rotatable bonds is 0. The number of nitrogens with zero attached hydrogens (tertiary/aromatic N) is 2. The molecule has 0 unspecified atom stereocenters. The fourth-order valence-corrected chi connectivity index (χ4v) is 1.13. The SMILES string of the molecule is NC(=O)n1cnc2ccccc21.[H-].[Na+]. The van der Waals surface area contributed by atoms with E-state index in [0.717, 1.165) is 11.0 Å². The van der Waals surface area contributed by atoms with Gasteiger partial charge in [0.15, 0.2) is 0 Å². The number of aromatic nitrogens is 2. The largest absolute Gasteiger partial charge is 1.00 e. The van der Waals surface area contributed by atoms with Gasteiger partial charge < -0.3 is 7.16 Å². The summed E-state index contributed by atoms with van der Waals surface area (Å²) in [6.07, 6.45) is 1.42. The monoisotopic (exact) mass is 185 g/mol. The van der Waals surface area contributed by atoms with Crippen LogP contribution in [-0.2, 0) is 0 Å². The molecule has 1 aromatic carbocycles. The van der Waals surface area contributed by atoms with E-state index < -0.39 is 6.03 Å². The molecule has 0 radical (unpaired) electrons. The molecule has 1 amide bonds. The zero-order valence-corrected chi connectivity index (χ0v) is 9.27. The molecule has 5 heteroatoms. The molecule has 0 aliphatic carbocycles. The molecule has 0 atom stereocenters. The summed E-state index contributed by atoms with van der Waals surface area (Å²) in [6.45, 7) is 0. The number of amides is 1. The van der Waals surface area contributed by atoms with E-state index >= 15 is 0 Å². The van der Waals surface area contributed by atoms with Crippen molar-refractivity contribution in [2.75, 3.05) is 0 Å². The number of imidazole rings is 1. The molecule has 62 valence electrons. The summed E-state index contributed by atoms with van der Waals surface area (Å²) in [5.41, 5.74) is 6.62. The minimum Gasteiger partial charge on any atom is -1.00 e. The molecule has 0 saturated heterocycles. The van der Waals surface area contributed by atoms with Gasteiger partial charge in [-0.15, -0.1) is 0 Å². The van der Waals surface area contributed by atoms with Crippen molar-refractivity contribution in [3.05, 3.63) is 30.6 Å². The Balaban J connectivity index is 0.000000845. The van der Waals surface area contributed by atoms with Gasteiger partial charge in [-0.3, -0.25) is 4.57 Å². The number of nitrogens with two attached hydrogens (primary N) is 1. The Morgan fingerprint density at radius 3 is 2.85 bits per heavy atom. The molecule has 0 aliphatic heterocycles. The maximum Gasteiger partial charge on any atom is 1.00 e. The first kappa shape index (κ1) is 10.2. The summed E-state index contributed by atoms with van der Waals surface area (Å²) in [5, 5.41) is 0. The van der Waals surface area contributed by atoms with E-state index in [1.807, 2.05) is 18.2 Å². The van der Waals surface area contributed by atoms with E-state index in [2.05, 4.69) is 4.98 Å². The quantitative estimate of drug-likeness (QED) is 0.486. The van der Waals surface area contributed by atoms with Crippen LogP contribution in [0.4, 0.5) is 4.79 Å². The van der Waals surface area contributed by atoms with Crippen molar-refractivity contribution in [3.63, 3.8) is 0 Å². The zero-order chi connectivity index (χ0) is 8.55. The standard InChI is InChI=1S/C8H7N3O.Na.H/c9-8(12)11-5-10-6-3-1-2-4-7(6)11;;/h1-5H,(H2,9,12);;/q;+1;-1. The van der Waals surface area contributed by atoms with Crippen LogP contribution in [0, 0.1) is 0 Å². The molecular formula is C8H8N3NaO. The van der Waals surface area contributed by atoms with Crippen LogP contribution in [0.3, 0.4) is 0 Å². The van der Waals surface area contributed by atoms with Crippen molar-refractivity contribution < 1.29 is 35.8 Å². The molecule has 0 saturated carbocycles. The van der Waals surface area contributed by atoms with Crippen LogP contribution in [0.2, 0.25) is 0 Å². The van der Waals surface area contributed by atoms with E-state index in [1.54, 1.807) is 6.07 Å². The number of carbonyl (C=O) groups excluding carboxylic acids is 1. The molecule has 1 heterocycles. The van der Waals surface area contributed by atoms with Crippen LogP contribution < -0.4 is 35.3 Å². The Labute approximate surface area is 98.5 Å². The number of primary amides is 1. The fourth-order valence-electron chi connectivity index (χ4n) is 1.13. The summed E-state index contributed by atoms with van der Waals surface area (Å²) in [6, 6.07) is 6.81. The summed E-state index contributed by atoms with van der Waals surface area (Å²) in [5.74, 6) is 0. The van der Waals surface area contributed by atoms with Gasteiger partial charge in [-0.25, -0.2) is 9.78 Å². The number of hydrogen-bond acceptors (Lipinski definition) is 2. The number of benzene rings is 1. The Morgan fingerprint density at radius 2 is 2.15 bits per heavy atom. The van der Waals surface area contributed by atoms with Crippen LogP contribution >= 0.6 is 0 Å². The van der Waals surface area contributed by atoms with Crippen LogP contribution in [0.25, 0.3) is 11.0 Å². The van der Waals surface area contributed by atoms with E-state index in [1.165, 1.54) is 10.9 Å². The van der Waals surface area contributed by atoms with Crippen LogP contribution in [0.15, 0.2) is 30.6 Å². The van der Waals surface area contributed by atoms with Gasteiger partial charge in [0.1, 0.15) is 6.33 Å². The van der Waals surface area contributed by atoms with Gasteiger partial charge in [-0.1, -0.05) is 12.1 Å². The van der Waals surface area contributed by atoms with E-state index in [-0.39, 0.29) is 31.0 Å². The Bertz CT molecular complexity index is 443. The molecule has 2 rings (SSSR count). The van der Waals surface area contributed by atoms with Gasteiger partial charge in [0.25, 0.3) is 0 Å². The van der Waals surface area contributed by atoms with Crippen molar-refractivity contribution in [1.82, 2.24) is 9.55 Å². The molecule has 0 bridgehead atoms. The first-order valence-corrected chi connectivity index (χ1v) is 3.51. The predicted octanol–water partition coefficient (Wildman–Crippen LogP) is -1.92. The number of para-hydroxylation sites is 2. The topological polar surface area (TPSA) is 60.9 Å². The third-order valence-corrected chi connectivity index (χ3v) is 1.69. The molecule has 2 aromatic rings. The van der Waals surface area contributed by atoms with Crippen LogP contribution in [0.1, 0.15) is 1.43 Å². The summed E-state index contributed by atoms with van der Waals surface area (Å²) in [7, 11) is 0. The number of hydrogen-bond donors (Lipinski definition) is 1. The third kappa shape index (κ3) is 1.75. The van der Waals surface area contributed by atoms with Crippen molar-refractivity contribution >= 4 is 17.1 Å². The van der Waals surface area contributed by atoms with Crippen molar-refractivity contribution in [1.29, 1.82) is 0 Å². The Morgan fingerprint density at radius 1 is 1.46 bits per heavy atom. The second-order valence-electron chi connectivity index (χ2n) is 2.44. The fraction of sp³-hybridized carbons (Fsp3) is 0. The first-order chi connectivity index (χ1) is 5.79. The average Bonchev–Trinajstić information content (AvgIpc) is 2.47. The summed E-state index contributed by atoms with van der Waals surface area (Å²) >= 11 is 0. The van der Waals surface area contributed by atoms with Crippen molar-refractivity contribution in [2.45, 2.75) is 0 Å². The second kappa shape index (κ2) is 3.91. The molecule has 2 N–H and O–H groups in total. The third-order valence-electron chi connectivity index (χ3n) is 1.69. The molecule has 1 aromatic heterocycles. The summed E-state index contributed by atoms with van der Waals surface area (Å²) < 4.78 is 1.31. The van der Waals surface area contributed by atoms with Gasteiger partial charge >= 0.3 is 35.6 Å². The molecule has 0 aliphatic rings. The van der Waals surface area contributed by atoms with Gasteiger partial charge in [0.2, 0.25) is 0 Å². The minimum absolute atomic E-state index is 0. The van der Waals surface area contributed by atoms with Crippen LogP contribution in [-0.4, -0.2) is 15.6 Å². The average molecular weight is 185 g/mol. The second-order valence-corrected chi connectivity index (χ2v) is 2.44. The smallest absolute Gasteiger partial charge is 1.00 e. The normalized spacial score (nSPS) is 9.54. The molecule has 0 spiro atoms. The number of carbonyl (C=O) groups is 1. The van der Waals surface area contributed by atoms with Crippen LogP contribution in [0.5, 0.6) is 0 Å². The van der Waals surface area contributed by atoms with Gasteiger partial charge in [0.05, 0.1) is 11.0 Å². The molecule has 0 fully saturated rings. The van der Waals surface area contributed by atoms with Crippen molar-refractivity contribution in [2.24, 2.45) is 5.73 Å². The Hall–Kier alpha value is -0.840. The zero-order valence-electron chi connectivity index (χ0n) is 8.27. The van der Waals surface area contributed by atoms with E-state index in [9.17, 15) is 4.79 Å². The first-order valence-electron chi connectivity index (χ1n) is 3.51. The number of fused-ring (bicyclic) bond motifs is 1. The summed E-state index contributed by atoms with van der Waals surface area (Å²) in [4.78, 5) is 14.8. The maximum absolute atomic E-state index is 10.8. The van der Waals surface area contributed by atoms with Gasteiger partial charge in [-0.05, 0) is 12.1 Å².